The highest BCUT2D eigenvalue weighted by atomic mass is 32.1. The van der Waals surface area contributed by atoms with Crippen LogP contribution in [0, 0.1) is 0 Å². The third-order valence-corrected chi connectivity index (χ3v) is 6.03. The summed E-state index contributed by atoms with van der Waals surface area (Å²) in [6, 6.07) is 16.2. The molecule has 1 aromatic heterocycles. The van der Waals surface area contributed by atoms with Crippen LogP contribution in [0.4, 0.5) is 0 Å². The van der Waals surface area contributed by atoms with E-state index in [1.165, 1.54) is 4.70 Å². The molecule has 0 fully saturated rings. The summed E-state index contributed by atoms with van der Waals surface area (Å²) in [4.78, 5) is 5.60. The molecular formula is C23H27N3O3S. The Morgan fingerprint density at radius 1 is 1.10 bits per heavy atom. The Labute approximate surface area is 180 Å². The molecule has 30 heavy (non-hydrogen) atoms. The van der Waals surface area contributed by atoms with Crippen LogP contribution in [0.2, 0.25) is 0 Å². The molecule has 1 unspecified atom stereocenters. The van der Waals surface area contributed by atoms with Crippen molar-refractivity contribution in [2.75, 3.05) is 26.3 Å². The number of aliphatic hydroxyl groups is 1. The number of fused-ring (bicyclic) bond motifs is 2. The van der Waals surface area contributed by atoms with Crippen LogP contribution in [0.15, 0.2) is 53.5 Å². The van der Waals surface area contributed by atoms with E-state index in [1.54, 1.807) is 11.3 Å². The lowest BCUT2D eigenvalue weighted by Gasteiger charge is -2.14. The number of hydrogen-bond donors (Lipinski definition) is 3. The Bertz CT molecular complexity index is 985. The number of thiophene rings is 1. The first-order chi connectivity index (χ1) is 14.7. The van der Waals surface area contributed by atoms with Gasteiger partial charge < -0.3 is 25.2 Å². The molecule has 0 bridgehead atoms. The molecule has 3 aromatic rings. The Hall–Kier alpha value is -2.77. The van der Waals surface area contributed by atoms with Crippen molar-refractivity contribution < 1.29 is 14.6 Å². The minimum Gasteiger partial charge on any atom is -0.490 e. The molecule has 1 aliphatic heterocycles. The van der Waals surface area contributed by atoms with Gasteiger partial charge in [-0.3, -0.25) is 0 Å². The minimum atomic E-state index is -0.593. The second-order valence-electron chi connectivity index (χ2n) is 7.11. The highest BCUT2D eigenvalue weighted by molar-refractivity contribution is 7.19. The second kappa shape index (κ2) is 9.82. The SMILES string of the molecule is CCNC(=NCc1ccc2c(c1)OCCCO2)NCC(O)c1cc2ccccc2s1. The summed E-state index contributed by atoms with van der Waals surface area (Å²) in [5.41, 5.74) is 1.04. The summed E-state index contributed by atoms with van der Waals surface area (Å²) >= 11 is 1.62. The molecule has 7 heteroatoms. The van der Waals surface area contributed by atoms with E-state index in [0.717, 1.165) is 40.3 Å². The maximum absolute atomic E-state index is 10.6. The molecule has 0 amide bonds. The first-order valence-corrected chi connectivity index (χ1v) is 11.1. The van der Waals surface area contributed by atoms with E-state index >= 15 is 0 Å². The zero-order valence-electron chi connectivity index (χ0n) is 17.1. The van der Waals surface area contributed by atoms with Gasteiger partial charge in [0, 0.05) is 29.1 Å². The number of nitrogens with zero attached hydrogens (tertiary/aromatic N) is 1. The van der Waals surface area contributed by atoms with Crippen molar-refractivity contribution in [2.24, 2.45) is 4.99 Å². The van der Waals surface area contributed by atoms with E-state index in [4.69, 9.17) is 9.47 Å². The zero-order valence-corrected chi connectivity index (χ0v) is 17.9. The molecule has 1 atom stereocenters. The number of guanidine groups is 1. The van der Waals surface area contributed by atoms with Gasteiger partial charge in [0.25, 0.3) is 0 Å². The fourth-order valence-electron chi connectivity index (χ4n) is 3.28. The van der Waals surface area contributed by atoms with Crippen LogP contribution < -0.4 is 20.1 Å². The summed E-state index contributed by atoms with van der Waals surface area (Å²) in [5, 5.41) is 18.3. The highest BCUT2D eigenvalue weighted by Gasteiger charge is 2.13. The van der Waals surface area contributed by atoms with Crippen molar-refractivity contribution in [1.29, 1.82) is 0 Å². The van der Waals surface area contributed by atoms with Gasteiger partial charge in [0.2, 0.25) is 0 Å². The number of aliphatic imine (C=N–C) groups is 1. The molecule has 0 saturated heterocycles. The zero-order chi connectivity index (χ0) is 20.8. The fourth-order valence-corrected chi connectivity index (χ4v) is 4.33. The van der Waals surface area contributed by atoms with Gasteiger partial charge in [-0.05, 0) is 42.1 Å². The van der Waals surface area contributed by atoms with E-state index in [-0.39, 0.29) is 0 Å². The maximum atomic E-state index is 10.6. The topological polar surface area (TPSA) is 75.1 Å². The molecular weight excluding hydrogens is 398 g/mol. The maximum Gasteiger partial charge on any atom is 0.191 e. The molecule has 2 aromatic carbocycles. The van der Waals surface area contributed by atoms with Crippen molar-refractivity contribution in [3.63, 3.8) is 0 Å². The van der Waals surface area contributed by atoms with Crippen LogP contribution in [0.3, 0.4) is 0 Å². The van der Waals surface area contributed by atoms with Gasteiger partial charge in [0.05, 0.1) is 19.8 Å². The molecule has 2 heterocycles. The largest absolute Gasteiger partial charge is 0.490 e. The highest BCUT2D eigenvalue weighted by Crippen LogP contribution is 2.31. The molecule has 0 spiro atoms. The van der Waals surface area contributed by atoms with Crippen molar-refractivity contribution >= 4 is 27.4 Å². The van der Waals surface area contributed by atoms with Crippen LogP contribution in [-0.4, -0.2) is 37.4 Å². The number of aliphatic hydroxyl groups excluding tert-OH is 1. The smallest absolute Gasteiger partial charge is 0.191 e. The van der Waals surface area contributed by atoms with Gasteiger partial charge in [-0.2, -0.15) is 0 Å². The molecule has 1 aliphatic rings. The van der Waals surface area contributed by atoms with Crippen LogP contribution in [0.25, 0.3) is 10.1 Å². The van der Waals surface area contributed by atoms with Gasteiger partial charge in [-0.15, -0.1) is 11.3 Å². The number of ether oxygens (including phenoxy) is 2. The lowest BCUT2D eigenvalue weighted by atomic mass is 10.2. The Morgan fingerprint density at radius 3 is 2.77 bits per heavy atom. The Morgan fingerprint density at radius 2 is 1.93 bits per heavy atom. The van der Waals surface area contributed by atoms with Crippen LogP contribution in [0.5, 0.6) is 11.5 Å². The normalized spacial score (nSPS) is 14.9. The summed E-state index contributed by atoms with van der Waals surface area (Å²) in [6.07, 6.45) is 0.294. The number of benzene rings is 2. The average Bonchev–Trinajstić information content (AvgIpc) is 3.07. The van der Waals surface area contributed by atoms with Crippen LogP contribution in [0.1, 0.15) is 29.9 Å². The lowest BCUT2D eigenvalue weighted by Crippen LogP contribution is -2.39. The van der Waals surface area contributed by atoms with Crippen molar-refractivity contribution in [3.8, 4) is 11.5 Å². The molecule has 158 valence electrons. The number of rotatable bonds is 6. The fraction of sp³-hybridized carbons (Fsp3) is 0.348. The van der Waals surface area contributed by atoms with Crippen molar-refractivity contribution in [2.45, 2.75) is 26.0 Å². The van der Waals surface area contributed by atoms with Gasteiger partial charge >= 0.3 is 0 Å². The minimum absolute atomic E-state index is 0.389. The van der Waals surface area contributed by atoms with E-state index < -0.39 is 6.10 Å². The molecule has 0 aliphatic carbocycles. The molecule has 4 rings (SSSR count). The van der Waals surface area contributed by atoms with Gasteiger partial charge in [0.15, 0.2) is 17.5 Å². The van der Waals surface area contributed by atoms with Gasteiger partial charge in [-0.1, -0.05) is 24.3 Å². The van der Waals surface area contributed by atoms with E-state index in [2.05, 4.69) is 27.8 Å². The quantitative estimate of drug-likeness (QED) is 0.413. The van der Waals surface area contributed by atoms with Gasteiger partial charge in [0.1, 0.15) is 6.10 Å². The molecule has 3 N–H and O–H groups in total. The van der Waals surface area contributed by atoms with Crippen LogP contribution >= 0.6 is 11.3 Å². The first kappa shape index (κ1) is 20.5. The number of hydrogen-bond acceptors (Lipinski definition) is 5. The molecule has 0 saturated carbocycles. The van der Waals surface area contributed by atoms with E-state index in [0.29, 0.717) is 32.3 Å². The van der Waals surface area contributed by atoms with Crippen molar-refractivity contribution in [3.05, 3.63) is 59.0 Å². The van der Waals surface area contributed by atoms with E-state index in [9.17, 15) is 5.11 Å². The summed E-state index contributed by atoms with van der Waals surface area (Å²) in [6.45, 7) is 5.00. The third-order valence-electron chi connectivity index (χ3n) is 4.81. The molecule has 6 nitrogen and oxygen atoms in total. The van der Waals surface area contributed by atoms with Gasteiger partial charge in [-0.25, -0.2) is 4.99 Å². The lowest BCUT2D eigenvalue weighted by molar-refractivity contribution is 0.184. The number of nitrogens with one attached hydrogen (secondary N) is 2. The van der Waals surface area contributed by atoms with E-state index in [1.807, 2.05) is 43.3 Å². The first-order valence-electron chi connectivity index (χ1n) is 10.3. The summed E-state index contributed by atoms with van der Waals surface area (Å²) < 4.78 is 12.6. The Kier molecular flexibility index (Phi) is 6.71. The monoisotopic (exact) mass is 425 g/mol. The summed E-state index contributed by atoms with van der Waals surface area (Å²) in [5.74, 6) is 2.24. The predicted molar refractivity (Wildman–Crippen MR) is 122 cm³/mol. The predicted octanol–water partition coefficient (Wildman–Crippen LogP) is 3.85. The van der Waals surface area contributed by atoms with Crippen molar-refractivity contribution in [1.82, 2.24) is 10.6 Å². The second-order valence-corrected chi connectivity index (χ2v) is 8.23. The Balaban J connectivity index is 1.39. The molecule has 0 radical (unpaired) electrons. The third kappa shape index (κ3) is 5.04. The standard InChI is InChI=1S/C23H27N3O3S/c1-2-24-23(25-14-16-8-9-19-20(12-16)29-11-5-10-28-19)26-15-18(27)22-13-17-6-3-4-7-21(17)30-22/h3-4,6-9,12-13,18,27H,2,5,10-11,14-15H2,1H3,(H2,24,25,26). The average molecular weight is 426 g/mol. The van der Waals surface area contributed by atoms with Crippen LogP contribution in [-0.2, 0) is 6.54 Å². The summed E-state index contributed by atoms with van der Waals surface area (Å²) in [7, 11) is 0.